The minimum Gasteiger partial charge on any atom is -0.207 e. The molecule has 0 spiro atoms. The lowest BCUT2D eigenvalue weighted by Crippen LogP contribution is -2.24. The van der Waals surface area contributed by atoms with Gasteiger partial charge in [0.2, 0.25) is 10.0 Å². The molecule has 0 fully saturated rings. The summed E-state index contributed by atoms with van der Waals surface area (Å²) < 4.78 is 39.3. The number of rotatable bonds is 5. The molecule has 0 aliphatic rings. The fourth-order valence-corrected chi connectivity index (χ4v) is 2.44. The van der Waals surface area contributed by atoms with Crippen molar-refractivity contribution >= 4 is 10.0 Å². The second-order valence-electron chi connectivity index (χ2n) is 3.99. The van der Waals surface area contributed by atoms with Crippen LogP contribution in [0.1, 0.15) is 25.3 Å². The second-order valence-corrected chi connectivity index (χ2v) is 5.72. The summed E-state index contributed by atoms with van der Waals surface area (Å²) in [5.74, 6) is -0.602. The van der Waals surface area contributed by atoms with E-state index in [1.54, 1.807) is 6.07 Å². The van der Waals surface area contributed by atoms with Crippen LogP contribution < -0.4 is 4.72 Å². The van der Waals surface area contributed by atoms with E-state index in [9.17, 15) is 12.8 Å². The van der Waals surface area contributed by atoms with Crippen molar-refractivity contribution < 1.29 is 12.8 Å². The van der Waals surface area contributed by atoms with Gasteiger partial charge in [0, 0.05) is 6.54 Å². The molecular formula is C12H16FNO2S. The Labute approximate surface area is 101 Å². The van der Waals surface area contributed by atoms with Gasteiger partial charge in [-0.1, -0.05) is 26.0 Å². The maximum atomic E-state index is 13.5. The molecule has 0 radical (unpaired) electrons. The first-order valence-electron chi connectivity index (χ1n) is 5.28. The molecule has 0 saturated heterocycles. The maximum Gasteiger partial charge on any atom is 0.243 e. The molecule has 1 aromatic rings. The van der Waals surface area contributed by atoms with Crippen LogP contribution in [0.2, 0.25) is 0 Å². The van der Waals surface area contributed by atoms with Crippen molar-refractivity contribution in [3.05, 3.63) is 42.2 Å². The first kappa shape index (κ1) is 13.9. The normalized spacial score (nSPS) is 11.8. The van der Waals surface area contributed by atoms with Crippen LogP contribution in [-0.4, -0.2) is 15.0 Å². The van der Waals surface area contributed by atoms with E-state index in [4.69, 9.17) is 0 Å². The van der Waals surface area contributed by atoms with Crippen LogP contribution in [0, 0.1) is 5.82 Å². The number of hydrogen-bond acceptors (Lipinski definition) is 2. The molecule has 0 amide bonds. The lowest BCUT2D eigenvalue weighted by atomic mass is 10.0. The highest BCUT2D eigenvalue weighted by Gasteiger charge is 2.19. The molecule has 0 heterocycles. The topological polar surface area (TPSA) is 46.2 Å². The van der Waals surface area contributed by atoms with Gasteiger partial charge in [-0.15, -0.1) is 6.58 Å². The Balaban J connectivity index is 3.20. The summed E-state index contributed by atoms with van der Waals surface area (Å²) >= 11 is 0. The Kier molecular flexibility index (Phi) is 4.42. The van der Waals surface area contributed by atoms with Gasteiger partial charge in [-0.3, -0.25) is 0 Å². The minimum absolute atomic E-state index is 0.0771. The lowest BCUT2D eigenvalue weighted by Gasteiger charge is -2.10. The van der Waals surface area contributed by atoms with Crippen LogP contribution in [0.15, 0.2) is 35.7 Å². The highest BCUT2D eigenvalue weighted by Crippen LogP contribution is 2.21. The van der Waals surface area contributed by atoms with Crippen LogP contribution in [0.5, 0.6) is 0 Å². The molecule has 5 heteroatoms. The van der Waals surface area contributed by atoms with E-state index in [1.165, 1.54) is 18.2 Å². The number of hydrogen-bond donors (Lipinski definition) is 1. The van der Waals surface area contributed by atoms with Gasteiger partial charge in [0.05, 0.1) is 0 Å². The van der Waals surface area contributed by atoms with E-state index >= 15 is 0 Å². The van der Waals surface area contributed by atoms with Crippen molar-refractivity contribution in [1.29, 1.82) is 0 Å². The molecular weight excluding hydrogens is 241 g/mol. The molecule has 0 unspecified atom stereocenters. The van der Waals surface area contributed by atoms with Crippen molar-refractivity contribution in [2.75, 3.05) is 6.54 Å². The smallest absolute Gasteiger partial charge is 0.207 e. The molecule has 1 aromatic carbocycles. The third-order valence-electron chi connectivity index (χ3n) is 2.33. The third-order valence-corrected chi connectivity index (χ3v) is 3.77. The third kappa shape index (κ3) is 3.38. The molecule has 0 atom stereocenters. The van der Waals surface area contributed by atoms with Crippen molar-refractivity contribution in [2.24, 2.45) is 0 Å². The van der Waals surface area contributed by atoms with Gasteiger partial charge in [-0.05, 0) is 23.6 Å². The molecule has 0 bridgehead atoms. The van der Waals surface area contributed by atoms with Gasteiger partial charge in [0.25, 0.3) is 0 Å². The van der Waals surface area contributed by atoms with Gasteiger partial charge in [-0.25, -0.2) is 17.5 Å². The molecule has 0 aromatic heterocycles. The van der Waals surface area contributed by atoms with E-state index in [2.05, 4.69) is 11.3 Å². The fraction of sp³-hybridized carbons (Fsp3) is 0.333. The largest absolute Gasteiger partial charge is 0.243 e. The van der Waals surface area contributed by atoms with Crippen molar-refractivity contribution in [2.45, 2.75) is 24.7 Å². The predicted octanol–water partition coefficient (Wildman–Crippen LogP) is 2.41. The summed E-state index contributed by atoms with van der Waals surface area (Å²) in [6.07, 6.45) is 1.40. The number of halogens is 1. The molecule has 94 valence electrons. The Hall–Kier alpha value is -1.20. The quantitative estimate of drug-likeness (QED) is 0.823. The van der Waals surface area contributed by atoms with Gasteiger partial charge in [0.15, 0.2) is 0 Å². The minimum atomic E-state index is -3.81. The molecule has 0 aliphatic carbocycles. The highest BCUT2D eigenvalue weighted by molar-refractivity contribution is 7.89. The first-order chi connectivity index (χ1) is 7.88. The van der Waals surface area contributed by atoms with E-state index < -0.39 is 15.8 Å². The van der Waals surface area contributed by atoms with Crippen molar-refractivity contribution in [1.82, 2.24) is 4.72 Å². The van der Waals surface area contributed by atoms with Crippen LogP contribution in [0.4, 0.5) is 4.39 Å². The van der Waals surface area contributed by atoms with Gasteiger partial charge in [-0.2, -0.15) is 0 Å². The number of benzene rings is 1. The highest BCUT2D eigenvalue weighted by atomic mass is 32.2. The predicted molar refractivity (Wildman–Crippen MR) is 65.9 cm³/mol. The Morgan fingerprint density at radius 1 is 1.47 bits per heavy atom. The number of sulfonamides is 1. The molecule has 3 nitrogen and oxygen atoms in total. The maximum absolute atomic E-state index is 13.5. The van der Waals surface area contributed by atoms with Crippen molar-refractivity contribution in [3.8, 4) is 0 Å². The molecule has 0 aliphatic heterocycles. The summed E-state index contributed by atoms with van der Waals surface area (Å²) in [4.78, 5) is -0.314. The zero-order valence-corrected chi connectivity index (χ0v) is 10.7. The summed E-state index contributed by atoms with van der Waals surface area (Å²) in [6, 6.07) is 4.13. The van der Waals surface area contributed by atoms with Crippen molar-refractivity contribution in [3.63, 3.8) is 0 Å². The summed E-state index contributed by atoms with van der Waals surface area (Å²) in [5.41, 5.74) is 0.783. The average Bonchev–Trinajstić information content (AvgIpc) is 2.26. The lowest BCUT2D eigenvalue weighted by molar-refractivity contribution is 0.558. The zero-order valence-electron chi connectivity index (χ0n) is 9.90. The standard InChI is InChI=1S/C12H16FNO2S/c1-4-7-14-17(15,16)12-8-10(9(2)3)5-6-11(12)13/h4-6,8-9,14H,1,7H2,2-3H3. The molecule has 17 heavy (non-hydrogen) atoms. The monoisotopic (exact) mass is 257 g/mol. The van der Waals surface area contributed by atoms with Crippen LogP contribution in [-0.2, 0) is 10.0 Å². The zero-order chi connectivity index (χ0) is 13.1. The fourth-order valence-electron chi connectivity index (χ4n) is 1.33. The van der Waals surface area contributed by atoms with Crippen LogP contribution in [0.3, 0.4) is 0 Å². The summed E-state index contributed by atoms with van der Waals surface area (Å²) in [6.45, 7) is 7.32. The number of nitrogens with one attached hydrogen (secondary N) is 1. The van der Waals surface area contributed by atoms with Crippen LogP contribution >= 0.6 is 0 Å². The van der Waals surface area contributed by atoms with E-state index in [0.29, 0.717) is 0 Å². The van der Waals surface area contributed by atoms with E-state index in [1.807, 2.05) is 13.8 Å². The van der Waals surface area contributed by atoms with Crippen LogP contribution in [0.25, 0.3) is 0 Å². The average molecular weight is 257 g/mol. The SMILES string of the molecule is C=CCNS(=O)(=O)c1cc(C(C)C)ccc1F. The Morgan fingerprint density at radius 3 is 2.65 bits per heavy atom. The summed E-state index contributed by atoms with van der Waals surface area (Å²) in [5, 5.41) is 0. The van der Waals surface area contributed by atoms with Gasteiger partial charge in [0.1, 0.15) is 10.7 Å². The van der Waals surface area contributed by atoms with E-state index in [0.717, 1.165) is 5.56 Å². The van der Waals surface area contributed by atoms with Gasteiger partial charge >= 0.3 is 0 Å². The molecule has 1 N–H and O–H groups in total. The molecule has 0 saturated carbocycles. The van der Waals surface area contributed by atoms with E-state index in [-0.39, 0.29) is 17.4 Å². The molecule has 1 rings (SSSR count). The Morgan fingerprint density at radius 2 is 2.12 bits per heavy atom. The Bertz CT molecular complexity index is 509. The second kappa shape index (κ2) is 5.42. The summed E-state index contributed by atoms with van der Waals surface area (Å²) in [7, 11) is -3.81. The van der Waals surface area contributed by atoms with Gasteiger partial charge < -0.3 is 0 Å². The first-order valence-corrected chi connectivity index (χ1v) is 6.77.